The van der Waals surface area contributed by atoms with Crippen molar-refractivity contribution in [3.63, 3.8) is 0 Å². The summed E-state index contributed by atoms with van der Waals surface area (Å²) in [6, 6.07) is 15.5. The van der Waals surface area contributed by atoms with Crippen LogP contribution in [0.25, 0.3) is 21.8 Å². The van der Waals surface area contributed by atoms with E-state index in [1.54, 1.807) is 0 Å². The van der Waals surface area contributed by atoms with Crippen LogP contribution >= 0.6 is 0 Å². The van der Waals surface area contributed by atoms with Gasteiger partial charge in [0.2, 0.25) is 23.6 Å². The summed E-state index contributed by atoms with van der Waals surface area (Å²) in [5.74, 6) is -1.47. The summed E-state index contributed by atoms with van der Waals surface area (Å²) < 4.78 is 0. The van der Waals surface area contributed by atoms with E-state index < -0.39 is 0 Å². The Hall–Kier alpha value is -4.20. The summed E-state index contributed by atoms with van der Waals surface area (Å²) in [6.07, 6.45) is 4.13. The number of nitrogens with one attached hydrogen (secondary N) is 4. The molecule has 2 atom stereocenters. The molecule has 2 aromatic heterocycles. The van der Waals surface area contributed by atoms with Gasteiger partial charge in [-0.25, -0.2) is 0 Å². The van der Waals surface area contributed by atoms with Crippen molar-refractivity contribution in [3.8, 4) is 0 Å². The Bertz CT molecular complexity index is 1280. The van der Waals surface area contributed by atoms with Gasteiger partial charge in [0.05, 0.1) is 11.8 Å². The number of aromatic nitrogens is 2. The van der Waals surface area contributed by atoms with Crippen LogP contribution < -0.4 is 10.6 Å². The summed E-state index contributed by atoms with van der Waals surface area (Å²) in [5, 5.41) is 6.68. The molecule has 0 bridgehead atoms. The number of H-pyrrole nitrogens is 2. The summed E-state index contributed by atoms with van der Waals surface area (Å²) in [6.45, 7) is 0. The highest BCUT2D eigenvalue weighted by molar-refractivity contribution is 6.08. The topological polar surface area (TPSA) is 124 Å². The van der Waals surface area contributed by atoms with Crippen LogP contribution in [0.15, 0.2) is 60.9 Å². The molecule has 8 heteroatoms. The lowest BCUT2D eigenvalue weighted by Crippen LogP contribution is -2.21. The van der Waals surface area contributed by atoms with Crippen molar-refractivity contribution < 1.29 is 19.2 Å². The zero-order valence-corrected chi connectivity index (χ0v) is 17.0. The summed E-state index contributed by atoms with van der Waals surface area (Å²) in [7, 11) is 0. The predicted octanol–water partition coefficient (Wildman–Crippen LogP) is 2.60. The van der Waals surface area contributed by atoms with Gasteiger partial charge in [0, 0.05) is 47.0 Å². The number of para-hydroxylation sites is 2. The van der Waals surface area contributed by atoms with Crippen LogP contribution in [0.5, 0.6) is 0 Å². The monoisotopic (exact) mass is 428 g/mol. The highest BCUT2D eigenvalue weighted by Gasteiger charge is 2.34. The first-order valence-corrected chi connectivity index (χ1v) is 10.3. The Kier molecular flexibility index (Phi) is 4.82. The highest BCUT2D eigenvalue weighted by Crippen LogP contribution is 2.31. The third kappa shape index (κ3) is 3.45. The number of imide groups is 2. The number of aromatic amines is 2. The number of rotatable bonds is 2. The molecule has 8 nitrogen and oxygen atoms in total. The van der Waals surface area contributed by atoms with E-state index in [1.807, 2.05) is 60.9 Å². The van der Waals surface area contributed by atoms with Crippen molar-refractivity contribution in [1.29, 1.82) is 0 Å². The van der Waals surface area contributed by atoms with E-state index in [0.29, 0.717) is 0 Å². The van der Waals surface area contributed by atoms with E-state index in [1.165, 1.54) is 0 Å². The molecule has 160 valence electrons. The van der Waals surface area contributed by atoms with Crippen LogP contribution in [-0.4, -0.2) is 33.6 Å². The van der Waals surface area contributed by atoms with Crippen molar-refractivity contribution in [2.45, 2.75) is 24.7 Å². The highest BCUT2D eigenvalue weighted by atomic mass is 16.2. The molecule has 4 amide bonds. The maximum absolute atomic E-state index is 11.6. The van der Waals surface area contributed by atoms with Crippen molar-refractivity contribution in [2.75, 3.05) is 0 Å². The van der Waals surface area contributed by atoms with E-state index in [2.05, 4.69) is 20.6 Å². The molecular weight excluding hydrogens is 408 g/mol. The van der Waals surface area contributed by atoms with Gasteiger partial charge in [0.1, 0.15) is 0 Å². The van der Waals surface area contributed by atoms with Crippen LogP contribution in [0.1, 0.15) is 35.8 Å². The second kappa shape index (κ2) is 7.81. The van der Waals surface area contributed by atoms with Gasteiger partial charge in [-0.05, 0) is 23.3 Å². The number of fused-ring (bicyclic) bond motifs is 2. The first kappa shape index (κ1) is 19.7. The molecule has 0 unspecified atom stereocenters. The van der Waals surface area contributed by atoms with E-state index in [9.17, 15) is 19.2 Å². The molecule has 2 saturated heterocycles. The smallest absolute Gasteiger partial charge is 0.234 e. The molecule has 0 aliphatic carbocycles. The van der Waals surface area contributed by atoms with Crippen LogP contribution in [0, 0.1) is 0 Å². The third-order valence-corrected chi connectivity index (χ3v) is 5.93. The second-order valence-electron chi connectivity index (χ2n) is 7.92. The summed E-state index contributed by atoms with van der Waals surface area (Å²) in [5.41, 5.74) is 3.78. The van der Waals surface area contributed by atoms with Crippen molar-refractivity contribution >= 4 is 45.4 Å². The Labute approximate surface area is 182 Å². The molecule has 4 aromatic rings. The van der Waals surface area contributed by atoms with Crippen LogP contribution in [-0.2, 0) is 19.2 Å². The number of amides is 4. The minimum absolute atomic E-state index is 0.194. The summed E-state index contributed by atoms with van der Waals surface area (Å²) in [4.78, 5) is 51.7. The summed E-state index contributed by atoms with van der Waals surface area (Å²) >= 11 is 0. The largest absolute Gasteiger partial charge is 0.361 e. The van der Waals surface area contributed by atoms with E-state index >= 15 is 0 Å². The third-order valence-electron chi connectivity index (χ3n) is 5.93. The maximum Gasteiger partial charge on any atom is 0.234 e. The predicted molar refractivity (Wildman–Crippen MR) is 118 cm³/mol. The van der Waals surface area contributed by atoms with Crippen molar-refractivity contribution in [3.05, 3.63) is 72.1 Å². The Balaban J connectivity index is 0.000000135. The molecule has 4 N–H and O–H groups in total. The van der Waals surface area contributed by atoms with Gasteiger partial charge in [-0.3, -0.25) is 29.8 Å². The fourth-order valence-corrected chi connectivity index (χ4v) is 4.37. The Morgan fingerprint density at radius 2 is 1.00 bits per heavy atom. The molecule has 32 heavy (non-hydrogen) atoms. The molecule has 6 rings (SSSR count). The Morgan fingerprint density at radius 3 is 1.38 bits per heavy atom. The molecule has 2 aromatic carbocycles. The quantitative estimate of drug-likeness (QED) is 0.366. The molecule has 0 saturated carbocycles. The fourth-order valence-electron chi connectivity index (χ4n) is 4.37. The molecule has 2 aliphatic rings. The minimum Gasteiger partial charge on any atom is -0.361 e. The Morgan fingerprint density at radius 1 is 0.594 bits per heavy atom. The van der Waals surface area contributed by atoms with Crippen molar-refractivity contribution in [1.82, 2.24) is 20.6 Å². The molecule has 0 spiro atoms. The first-order valence-electron chi connectivity index (χ1n) is 10.3. The second-order valence-corrected chi connectivity index (χ2v) is 7.92. The fraction of sp³-hybridized carbons (Fsp3) is 0.167. The number of hydrogen-bond donors (Lipinski definition) is 4. The number of carbonyl (C=O) groups excluding carboxylic acids is 4. The van der Waals surface area contributed by atoms with Gasteiger partial charge >= 0.3 is 0 Å². The van der Waals surface area contributed by atoms with E-state index in [4.69, 9.17) is 0 Å². The average Bonchev–Trinajstić information content (AvgIpc) is 3.54. The molecule has 0 radical (unpaired) electrons. The SMILES string of the molecule is O=C1C[C@@H](c2c[nH]c3ccccc23)C(=O)N1.O=C1C[C@H](c2c[nH]c3ccccc23)C(=O)N1. The van der Waals surface area contributed by atoms with E-state index in [0.717, 1.165) is 32.9 Å². The molecule has 2 aliphatic heterocycles. The lowest BCUT2D eigenvalue weighted by molar-refractivity contribution is -0.126. The number of hydrogen-bond acceptors (Lipinski definition) is 4. The average molecular weight is 428 g/mol. The van der Waals surface area contributed by atoms with Gasteiger partial charge in [-0.15, -0.1) is 0 Å². The van der Waals surface area contributed by atoms with Gasteiger partial charge in [0.25, 0.3) is 0 Å². The minimum atomic E-state index is -0.344. The first-order chi connectivity index (χ1) is 15.5. The zero-order valence-electron chi connectivity index (χ0n) is 17.0. The molecular formula is C24H20N4O4. The van der Waals surface area contributed by atoms with Gasteiger partial charge in [-0.2, -0.15) is 0 Å². The molecule has 4 heterocycles. The lowest BCUT2D eigenvalue weighted by atomic mass is 9.97. The van der Waals surface area contributed by atoms with Gasteiger partial charge in [0.15, 0.2) is 0 Å². The van der Waals surface area contributed by atoms with Crippen LogP contribution in [0.4, 0.5) is 0 Å². The van der Waals surface area contributed by atoms with Gasteiger partial charge in [-0.1, -0.05) is 36.4 Å². The number of benzene rings is 2. The van der Waals surface area contributed by atoms with Gasteiger partial charge < -0.3 is 9.97 Å². The maximum atomic E-state index is 11.6. The standard InChI is InChI=1S/2C12H10N2O2/c2*15-11-5-8(12(16)14-11)9-6-13-10-4-2-1-3-7(9)10/h2*1-4,6,8,13H,5H2,(H,14,15,16)/t2*8-/m10/s1. The van der Waals surface area contributed by atoms with Crippen molar-refractivity contribution in [2.24, 2.45) is 0 Å². The lowest BCUT2D eigenvalue weighted by Gasteiger charge is -2.03. The zero-order chi connectivity index (χ0) is 22.2. The normalized spacial score (nSPS) is 20.4. The van der Waals surface area contributed by atoms with E-state index in [-0.39, 0.29) is 48.3 Å². The molecule has 2 fully saturated rings. The van der Waals surface area contributed by atoms with Crippen LogP contribution in [0.2, 0.25) is 0 Å². The number of carbonyl (C=O) groups is 4. The van der Waals surface area contributed by atoms with Crippen LogP contribution in [0.3, 0.4) is 0 Å².